The van der Waals surface area contributed by atoms with Crippen molar-refractivity contribution in [3.05, 3.63) is 40.7 Å². The standard InChI is InChI=1S/C21H32N2O/c1-15(9-8-13-21(5,6)24-7)12-14-23-18(4)22-20-17(3)16(2)10-11-19(20)23/h10-12H,8-9,13-14H2,1-7H3/b15-12+. The Morgan fingerprint density at radius 2 is 1.96 bits per heavy atom. The maximum atomic E-state index is 5.49. The van der Waals surface area contributed by atoms with Gasteiger partial charge in [-0.25, -0.2) is 4.98 Å². The van der Waals surface area contributed by atoms with Gasteiger partial charge in [-0.2, -0.15) is 0 Å². The lowest BCUT2D eigenvalue weighted by Crippen LogP contribution is -2.21. The molecule has 1 aromatic carbocycles. The molecule has 3 nitrogen and oxygen atoms in total. The Bertz CT molecular complexity index is 738. The van der Waals surface area contributed by atoms with Gasteiger partial charge in [0.2, 0.25) is 0 Å². The fourth-order valence-electron chi connectivity index (χ4n) is 3.02. The first-order chi connectivity index (χ1) is 11.2. The van der Waals surface area contributed by atoms with Gasteiger partial charge in [0.25, 0.3) is 0 Å². The second kappa shape index (κ2) is 7.52. The lowest BCUT2D eigenvalue weighted by molar-refractivity contribution is 0.0140. The summed E-state index contributed by atoms with van der Waals surface area (Å²) in [7, 11) is 1.79. The lowest BCUT2D eigenvalue weighted by Gasteiger charge is -2.22. The third kappa shape index (κ3) is 4.27. The zero-order valence-electron chi connectivity index (χ0n) is 16.4. The molecule has 0 bridgehead atoms. The molecular formula is C21H32N2O. The monoisotopic (exact) mass is 328 g/mol. The molecule has 0 aliphatic rings. The summed E-state index contributed by atoms with van der Waals surface area (Å²) in [5, 5.41) is 0. The lowest BCUT2D eigenvalue weighted by atomic mass is 9.99. The minimum absolute atomic E-state index is 0.0210. The number of rotatable bonds is 7. The molecule has 0 saturated heterocycles. The highest BCUT2D eigenvalue weighted by atomic mass is 16.5. The van der Waals surface area contributed by atoms with E-state index in [0.29, 0.717) is 0 Å². The molecule has 132 valence electrons. The molecule has 2 aromatic rings. The fourth-order valence-corrected chi connectivity index (χ4v) is 3.02. The van der Waals surface area contributed by atoms with Crippen LogP contribution in [0.4, 0.5) is 0 Å². The summed E-state index contributed by atoms with van der Waals surface area (Å²) in [6.45, 7) is 13.8. The van der Waals surface area contributed by atoms with Crippen molar-refractivity contribution in [1.82, 2.24) is 9.55 Å². The van der Waals surface area contributed by atoms with E-state index in [2.05, 4.69) is 64.3 Å². The van der Waals surface area contributed by atoms with Crippen molar-refractivity contribution >= 4 is 11.0 Å². The molecule has 0 saturated carbocycles. The van der Waals surface area contributed by atoms with Crippen molar-refractivity contribution in [1.29, 1.82) is 0 Å². The highest BCUT2D eigenvalue weighted by molar-refractivity contribution is 5.80. The molecule has 0 N–H and O–H groups in total. The quantitative estimate of drug-likeness (QED) is 0.627. The summed E-state index contributed by atoms with van der Waals surface area (Å²) < 4.78 is 7.80. The van der Waals surface area contributed by atoms with Crippen molar-refractivity contribution < 1.29 is 4.74 Å². The first kappa shape index (κ1) is 18.7. The van der Waals surface area contributed by atoms with E-state index in [-0.39, 0.29) is 5.60 Å². The van der Waals surface area contributed by atoms with Gasteiger partial charge in [-0.1, -0.05) is 17.7 Å². The normalized spacial score (nSPS) is 13.0. The van der Waals surface area contributed by atoms with Gasteiger partial charge in [-0.3, -0.25) is 0 Å². The van der Waals surface area contributed by atoms with Crippen LogP contribution in [0.15, 0.2) is 23.8 Å². The molecule has 1 aromatic heterocycles. The number of benzene rings is 1. The Balaban J connectivity index is 2.07. The van der Waals surface area contributed by atoms with Gasteiger partial charge >= 0.3 is 0 Å². The molecule has 0 unspecified atom stereocenters. The minimum atomic E-state index is -0.0210. The molecule has 1 heterocycles. The minimum Gasteiger partial charge on any atom is -0.379 e. The number of imidazole rings is 1. The van der Waals surface area contributed by atoms with Crippen LogP contribution in [0.25, 0.3) is 11.0 Å². The second-order valence-electron chi connectivity index (χ2n) is 7.51. The largest absolute Gasteiger partial charge is 0.379 e. The van der Waals surface area contributed by atoms with Gasteiger partial charge in [0.1, 0.15) is 5.82 Å². The molecule has 0 radical (unpaired) electrons. The maximum absolute atomic E-state index is 5.49. The van der Waals surface area contributed by atoms with E-state index < -0.39 is 0 Å². The Kier molecular flexibility index (Phi) is 5.87. The number of fused-ring (bicyclic) bond motifs is 1. The fraction of sp³-hybridized carbons (Fsp3) is 0.571. The van der Waals surface area contributed by atoms with E-state index in [4.69, 9.17) is 9.72 Å². The second-order valence-corrected chi connectivity index (χ2v) is 7.51. The van der Waals surface area contributed by atoms with Crippen LogP contribution in [-0.4, -0.2) is 22.3 Å². The summed E-state index contributed by atoms with van der Waals surface area (Å²) in [4.78, 5) is 4.77. The average molecular weight is 329 g/mol. The first-order valence-corrected chi connectivity index (χ1v) is 8.89. The number of ether oxygens (including phenoxy) is 1. The van der Waals surface area contributed by atoms with Gasteiger partial charge < -0.3 is 9.30 Å². The van der Waals surface area contributed by atoms with Gasteiger partial charge in [0.15, 0.2) is 0 Å². The van der Waals surface area contributed by atoms with Crippen LogP contribution >= 0.6 is 0 Å². The summed E-state index contributed by atoms with van der Waals surface area (Å²) in [6, 6.07) is 4.39. The van der Waals surface area contributed by atoms with Crippen LogP contribution in [0.5, 0.6) is 0 Å². The molecule has 0 spiro atoms. The van der Waals surface area contributed by atoms with Gasteiger partial charge in [0, 0.05) is 13.7 Å². The summed E-state index contributed by atoms with van der Waals surface area (Å²) in [5.74, 6) is 1.09. The zero-order valence-corrected chi connectivity index (χ0v) is 16.4. The molecule has 0 aliphatic carbocycles. The highest BCUT2D eigenvalue weighted by Gasteiger charge is 2.15. The number of hydrogen-bond donors (Lipinski definition) is 0. The van der Waals surface area contributed by atoms with E-state index in [0.717, 1.165) is 37.1 Å². The van der Waals surface area contributed by atoms with E-state index in [1.54, 1.807) is 7.11 Å². The summed E-state index contributed by atoms with van der Waals surface area (Å²) in [6.07, 6.45) is 5.70. The van der Waals surface area contributed by atoms with Crippen molar-refractivity contribution in [2.75, 3.05) is 7.11 Å². The van der Waals surface area contributed by atoms with E-state index in [9.17, 15) is 0 Å². The predicted octanol–water partition coefficient (Wildman–Crippen LogP) is 5.50. The number of nitrogens with zero attached hydrogens (tertiary/aromatic N) is 2. The first-order valence-electron chi connectivity index (χ1n) is 8.89. The average Bonchev–Trinajstić information content (AvgIpc) is 2.85. The van der Waals surface area contributed by atoms with Crippen LogP contribution in [0, 0.1) is 20.8 Å². The topological polar surface area (TPSA) is 27.1 Å². The molecule has 0 amide bonds. The molecule has 3 heteroatoms. The van der Waals surface area contributed by atoms with Gasteiger partial charge in [0.05, 0.1) is 16.6 Å². The smallest absolute Gasteiger partial charge is 0.107 e. The van der Waals surface area contributed by atoms with Crippen molar-refractivity contribution in [2.45, 2.75) is 73.0 Å². The SMILES string of the molecule is COC(C)(C)CCC/C(C)=C/Cn1c(C)nc2c(C)c(C)ccc21. The Morgan fingerprint density at radius 3 is 2.62 bits per heavy atom. The van der Waals surface area contributed by atoms with Crippen LogP contribution in [0.2, 0.25) is 0 Å². The number of allylic oxidation sites excluding steroid dienone is 2. The molecule has 24 heavy (non-hydrogen) atoms. The van der Waals surface area contributed by atoms with Crippen molar-refractivity contribution in [2.24, 2.45) is 0 Å². The van der Waals surface area contributed by atoms with Crippen LogP contribution in [0.1, 0.15) is 57.0 Å². The number of methoxy groups -OCH3 is 1. The van der Waals surface area contributed by atoms with Crippen LogP contribution in [0.3, 0.4) is 0 Å². The number of aryl methyl sites for hydroxylation is 3. The Hall–Kier alpha value is -1.61. The molecule has 2 rings (SSSR count). The third-order valence-corrected chi connectivity index (χ3v) is 5.16. The van der Waals surface area contributed by atoms with Gasteiger partial charge in [-0.05, 0) is 78.0 Å². The van der Waals surface area contributed by atoms with Crippen molar-refractivity contribution in [3.8, 4) is 0 Å². The third-order valence-electron chi connectivity index (χ3n) is 5.16. The Labute approximate surface area is 146 Å². The Morgan fingerprint density at radius 1 is 1.25 bits per heavy atom. The van der Waals surface area contributed by atoms with E-state index in [1.165, 1.54) is 22.2 Å². The van der Waals surface area contributed by atoms with Gasteiger partial charge in [-0.15, -0.1) is 0 Å². The summed E-state index contributed by atoms with van der Waals surface area (Å²) in [5.41, 5.74) is 6.39. The summed E-state index contributed by atoms with van der Waals surface area (Å²) >= 11 is 0. The highest BCUT2D eigenvalue weighted by Crippen LogP contribution is 2.23. The molecule has 0 fully saturated rings. The molecular weight excluding hydrogens is 296 g/mol. The van der Waals surface area contributed by atoms with Crippen molar-refractivity contribution in [3.63, 3.8) is 0 Å². The maximum Gasteiger partial charge on any atom is 0.107 e. The van der Waals surface area contributed by atoms with E-state index in [1.807, 2.05) is 0 Å². The molecule has 0 atom stereocenters. The molecule has 0 aliphatic heterocycles. The zero-order chi connectivity index (χ0) is 17.9. The number of hydrogen-bond acceptors (Lipinski definition) is 2. The van der Waals surface area contributed by atoms with E-state index >= 15 is 0 Å². The number of aromatic nitrogens is 2. The van der Waals surface area contributed by atoms with Crippen LogP contribution in [-0.2, 0) is 11.3 Å². The van der Waals surface area contributed by atoms with Crippen LogP contribution < -0.4 is 0 Å². The predicted molar refractivity (Wildman–Crippen MR) is 103 cm³/mol.